The molecule has 0 saturated heterocycles. The first-order valence-corrected chi connectivity index (χ1v) is 5.60. The number of amides is 2. The van der Waals surface area contributed by atoms with Gasteiger partial charge in [-0.15, -0.1) is 0 Å². The third-order valence-electron chi connectivity index (χ3n) is 2.01. The molecule has 0 aromatic rings. The summed E-state index contributed by atoms with van der Waals surface area (Å²) >= 11 is 0. The second-order valence-corrected chi connectivity index (χ2v) is 4.87. The van der Waals surface area contributed by atoms with Crippen molar-refractivity contribution >= 4 is 11.8 Å². The van der Waals surface area contributed by atoms with Crippen LogP contribution in [0.1, 0.15) is 40.5 Å². The van der Waals surface area contributed by atoms with Gasteiger partial charge >= 0.3 is 0 Å². The molecule has 0 rings (SSSR count). The second-order valence-electron chi connectivity index (χ2n) is 4.87. The molecular weight excluding hydrogens is 206 g/mol. The fraction of sp³-hybridized carbons (Fsp3) is 0.818. The zero-order valence-corrected chi connectivity index (χ0v) is 10.6. The molecule has 0 aliphatic heterocycles. The van der Waals surface area contributed by atoms with Crippen LogP contribution in [-0.4, -0.2) is 29.9 Å². The lowest BCUT2D eigenvalue weighted by molar-refractivity contribution is -0.123. The van der Waals surface area contributed by atoms with E-state index in [1.54, 1.807) is 0 Å². The number of primary amides is 1. The van der Waals surface area contributed by atoms with Crippen molar-refractivity contribution in [3.63, 3.8) is 0 Å². The summed E-state index contributed by atoms with van der Waals surface area (Å²) in [7, 11) is 0. The van der Waals surface area contributed by atoms with Crippen molar-refractivity contribution in [2.24, 2.45) is 5.73 Å². The van der Waals surface area contributed by atoms with Crippen LogP contribution in [-0.2, 0) is 9.59 Å². The Labute approximate surface area is 97.2 Å². The number of carbonyl (C=O) groups excluding carboxylic acids is 2. The minimum atomic E-state index is -0.376. The van der Waals surface area contributed by atoms with E-state index < -0.39 is 0 Å². The van der Waals surface area contributed by atoms with Gasteiger partial charge in [-0.2, -0.15) is 0 Å². The van der Waals surface area contributed by atoms with Gasteiger partial charge in [-0.25, -0.2) is 0 Å². The average molecular weight is 229 g/mol. The van der Waals surface area contributed by atoms with E-state index in [1.807, 2.05) is 27.7 Å². The van der Waals surface area contributed by atoms with E-state index in [2.05, 4.69) is 10.6 Å². The highest BCUT2D eigenvalue weighted by Gasteiger charge is 2.15. The Morgan fingerprint density at radius 3 is 2.25 bits per heavy atom. The van der Waals surface area contributed by atoms with Gasteiger partial charge < -0.3 is 16.4 Å². The van der Waals surface area contributed by atoms with E-state index in [0.717, 1.165) is 0 Å². The number of hydrogen-bond donors (Lipinski definition) is 3. The molecule has 0 spiro atoms. The Kier molecular flexibility index (Phi) is 6.03. The highest BCUT2D eigenvalue weighted by molar-refractivity contribution is 5.80. The second kappa shape index (κ2) is 6.48. The van der Waals surface area contributed by atoms with Crippen LogP contribution in [0.15, 0.2) is 0 Å². The van der Waals surface area contributed by atoms with Crippen LogP contribution in [0.4, 0.5) is 0 Å². The van der Waals surface area contributed by atoms with Crippen LogP contribution >= 0.6 is 0 Å². The highest BCUT2D eigenvalue weighted by atomic mass is 16.2. The van der Waals surface area contributed by atoms with Gasteiger partial charge in [0.2, 0.25) is 11.8 Å². The minimum Gasteiger partial charge on any atom is -0.368 e. The molecule has 0 aromatic heterocycles. The van der Waals surface area contributed by atoms with Gasteiger partial charge in [0, 0.05) is 18.5 Å². The molecule has 2 amide bonds. The Balaban J connectivity index is 3.81. The number of nitrogens with two attached hydrogens (primary N) is 1. The summed E-state index contributed by atoms with van der Waals surface area (Å²) in [4.78, 5) is 22.3. The fourth-order valence-corrected chi connectivity index (χ4v) is 1.29. The van der Waals surface area contributed by atoms with Gasteiger partial charge in [0.15, 0.2) is 0 Å². The third-order valence-corrected chi connectivity index (χ3v) is 2.01. The Morgan fingerprint density at radius 1 is 1.31 bits per heavy atom. The molecule has 0 bridgehead atoms. The smallest absolute Gasteiger partial charge is 0.234 e. The predicted molar refractivity (Wildman–Crippen MR) is 63.8 cm³/mol. The molecule has 4 N–H and O–H groups in total. The van der Waals surface area contributed by atoms with Gasteiger partial charge in [-0.3, -0.25) is 9.59 Å². The van der Waals surface area contributed by atoms with Gasteiger partial charge in [0.05, 0.1) is 6.04 Å². The number of hydrogen-bond acceptors (Lipinski definition) is 3. The lowest BCUT2D eigenvalue weighted by atomic mass is 10.1. The summed E-state index contributed by atoms with van der Waals surface area (Å²) in [6.07, 6.45) is 0.983. The van der Waals surface area contributed by atoms with Gasteiger partial charge in [-0.1, -0.05) is 6.92 Å². The van der Waals surface area contributed by atoms with E-state index in [9.17, 15) is 9.59 Å². The SMILES string of the molecule is CCC(NCCC(=O)NC(C)(C)C)C(N)=O. The molecule has 1 unspecified atom stereocenters. The molecule has 0 aliphatic carbocycles. The average Bonchev–Trinajstić information content (AvgIpc) is 2.08. The lowest BCUT2D eigenvalue weighted by Gasteiger charge is -2.21. The van der Waals surface area contributed by atoms with E-state index in [-0.39, 0.29) is 23.4 Å². The molecule has 94 valence electrons. The summed E-state index contributed by atoms with van der Waals surface area (Å²) in [6.45, 7) is 8.12. The standard InChI is InChI=1S/C11H23N3O2/c1-5-8(10(12)16)13-7-6-9(15)14-11(2,3)4/h8,13H,5-7H2,1-4H3,(H2,12,16)(H,14,15). The van der Waals surface area contributed by atoms with Crippen LogP contribution < -0.4 is 16.4 Å². The third kappa shape index (κ3) is 7.23. The maximum Gasteiger partial charge on any atom is 0.234 e. The van der Waals surface area contributed by atoms with Crippen molar-refractivity contribution in [2.75, 3.05) is 6.54 Å². The zero-order chi connectivity index (χ0) is 12.8. The van der Waals surface area contributed by atoms with E-state index in [0.29, 0.717) is 19.4 Å². The first-order valence-electron chi connectivity index (χ1n) is 5.60. The molecule has 0 saturated carbocycles. The summed E-state index contributed by atoms with van der Waals surface area (Å²) in [5.41, 5.74) is 4.95. The molecule has 5 nitrogen and oxygen atoms in total. The Morgan fingerprint density at radius 2 is 1.88 bits per heavy atom. The molecule has 0 aromatic carbocycles. The van der Waals surface area contributed by atoms with Gasteiger partial charge in [0.1, 0.15) is 0 Å². The largest absolute Gasteiger partial charge is 0.368 e. The Hall–Kier alpha value is -1.10. The highest BCUT2D eigenvalue weighted by Crippen LogP contribution is 1.99. The summed E-state index contributed by atoms with van der Waals surface area (Å²) in [5.74, 6) is -0.405. The van der Waals surface area contributed by atoms with Crippen molar-refractivity contribution in [3.8, 4) is 0 Å². The Bertz CT molecular complexity index is 246. The molecular formula is C11H23N3O2. The molecule has 1 atom stereocenters. The summed E-state index contributed by atoms with van der Waals surface area (Å²) in [5, 5.41) is 5.80. The molecule has 16 heavy (non-hydrogen) atoms. The normalized spacial score (nSPS) is 13.2. The monoisotopic (exact) mass is 229 g/mol. The zero-order valence-electron chi connectivity index (χ0n) is 10.6. The molecule has 0 radical (unpaired) electrons. The maximum absolute atomic E-state index is 11.4. The molecule has 0 heterocycles. The quantitative estimate of drug-likeness (QED) is 0.606. The van der Waals surface area contributed by atoms with E-state index in [4.69, 9.17) is 5.73 Å². The van der Waals surface area contributed by atoms with Crippen LogP contribution in [0, 0.1) is 0 Å². The number of carbonyl (C=O) groups is 2. The maximum atomic E-state index is 11.4. The molecule has 5 heteroatoms. The van der Waals surface area contributed by atoms with Crippen molar-refractivity contribution in [1.29, 1.82) is 0 Å². The fourth-order valence-electron chi connectivity index (χ4n) is 1.29. The first-order chi connectivity index (χ1) is 7.26. The van der Waals surface area contributed by atoms with Crippen molar-refractivity contribution in [2.45, 2.75) is 52.1 Å². The number of nitrogens with one attached hydrogen (secondary N) is 2. The molecule has 0 aliphatic rings. The minimum absolute atomic E-state index is 0.0284. The van der Waals surface area contributed by atoms with Crippen molar-refractivity contribution in [1.82, 2.24) is 10.6 Å². The van der Waals surface area contributed by atoms with Crippen molar-refractivity contribution < 1.29 is 9.59 Å². The number of rotatable bonds is 6. The van der Waals surface area contributed by atoms with Gasteiger partial charge in [0.25, 0.3) is 0 Å². The van der Waals surface area contributed by atoms with Crippen LogP contribution in [0.5, 0.6) is 0 Å². The van der Waals surface area contributed by atoms with Crippen LogP contribution in [0.3, 0.4) is 0 Å². The summed E-state index contributed by atoms with van der Waals surface area (Å²) < 4.78 is 0. The topological polar surface area (TPSA) is 84.2 Å². The van der Waals surface area contributed by atoms with E-state index >= 15 is 0 Å². The van der Waals surface area contributed by atoms with Crippen molar-refractivity contribution in [3.05, 3.63) is 0 Å². The van der Waals surface area contributed by atoms with Crippen LogP contribution in [0.25, 0.3) is 0 Å². The summed E-state index contributed by atoms with van der Waals surface area (Å²) in [6, 6.07) is -0.345. The van der Waals surface area contributed by atoms with E-state index in [1.165, 1.54) is 0 Å². The lowest BCUT2D eigenvalue weighted by Crippen LogP contribution is -2.44. The van der Waals surface area contributed by atoms with Crippen LogP contribution in [0.2, 0.25) is 0 Å². The molecule has 0 fully saturated rings. The predicted octanol–water partition coefficient (Wildman–Crippen LogP) is 0.145. The first kappa shape index (κ1) is 14.9. The van der Waals surface area contributed by atoms with Gasteiger partial charge in [-0.05, 0) is 27.2 Å².